The Morgan fingerprint density at radius 2 is 2.07 bits per heavy atom. The normalized spacial score (nSPS) is 12.3. The molecule has 0 aliphatic rings. The molecule has 0 saturated heterocycles. The van der Waals surface area contributed by atoms with Crippen molar-refractivity contribution in [1.82, 2.24) is 0 Å². The molecule has 0 aliphatic carbocycles. The number of aliphatic imine (C=N–C) groups is 1. The van der Waals surface area contributed by atoms with E-state index in [2.05, 4.69) is 20.9 Å². The van der Waals surface area contributed by atoms with Gasteiger partial charge < -0.3 is 5.11 Å². The molecule has 1 N–H and O–H groups in total. The van der Waals surface area contributed by atoms with Gasteiger partial charge in [-0.05, 0) is 19.9 Å². The Morgan fingerprint density at radius 1 is 1.43 bits per heavy atom. The van der Waals surface area contributed by atoms with Gasteiger partial charge in [-0.25, -0.2) is 0 Å². The van der Waals surface area contributed by atoms with E-state index in [9.17, 15) is 0 Å². The molecule has 0 unspecified atom stereocenters. The largest absolute Gasteiger partial charge is 0.394 e. The Bertz CT molecular complexity index is 334. The van der Waals surface area contributed by atoms with E-state index >= 15 is 0 Å². The summed E-state index contributed by atoms with van der Waals surface area (Å²) in [6, 6.07) is 7.85. The summed E-state index contributed by atoms with van der Waals surface area (Å²) >= 11 is 3.43. The Morgan fingerprint density at radius 3 is 2.64 bits per heavy atom. The average molecular weight is 256 g/mol. The number of hydrogen-bond donors (Lipinski definition) is 1. The van der Waals surface area contributed by atoms with Crippen LogP contribution in [0.4, 0.5) is 0 Å². The van der Waals surface area contributed by atoms with Gasteiger partial charge in [-0.1, -0.05) is 34.1 Å². The van der Waals surface area contributed by atoms with Crippen LogP contribution in [0.3, 0.4) is 0 Å². The van der Waals surface area contributed by atoms with E-state index in [1.807, 2.05) is 38.1 Å². The van der Waals surface area contributed by atoms with Crippen molar-refractivity contribution in [1.29, 1.82) is 0 Å². The summed E-state index contributed by atoms with van der Waals surface area (Å²) in [6.45, 7) is 3.83. The maximum Gasteiger partial charge on any atom is 0.0782 e. The summed E-state index contributed by atoms with van der Waals surface area (Å²) in [4.78, 5) is 4.30. The molecule has 0 radical (unpaired) electrons. The molecular formula is C11H14BrNO. The topological polar surface area (TPSA) is 32.6 Å². The van der Waals surface area contributed by atoms with E-state index in [0.717, 1.165) is 10.0 Å². The van der Waals surface area contributed by atoms with Gasteiger partial charge in [0.2, 0.25) is 0 Å². The van der Waals surface area contributed by atoms with Crippen molar-refractivity contribution in [3.05, 3.63) is 34.3 Å². The van der Waals surface area contributed by atoms with Crippen molar-refractivity contribution in [3.8, 4) is 0 Å². The fourth-order valence-corrected chi connectivity index (χ4v) is 1.25. The lowest BCUT2D eigenvalue weighted by molar-refractivity contribution is 0.223. The van der Waals surface area contributed by atoms with E-state index in [-0.39, 0.29) is 6.61 Å². The number of aliphatic hydroxyl groups excluding tert-OH is 1. The second-order valence-electron chi connectivity index (χ2n) is 3.75. The third-order valence-electron chi connectivity index (χ3n) is 1.85. The molecule has 0 heterocycles. The summed E-state index contributed by atoms with van der Waals surface area (Å²) in [5.74, 6) is 0. The van der Waals surface area contributed by atoms with Crippen molar-refractivity contribution < 1.29 is 5.11 Å². The highest BCUT2D eigenvalue weighted by Crippen LogP contribution is 2.15. The maximum absolute atomic E-state index is 9.02. The minimum absolute atomic E-state index is 0.0496. The molecule has 0 bridgehead atoms. The smallest absolute Gasteiger partial charge is 0.0782 e. The lowest BCUT2D eigenvalue weighted by atomic mass is 10.1. The van der Waals surface area contributed by atoms with Crippen LogP contribution in [0.5, 0.6) is 0 Å². The molecule has 0 amide bonds. The van der Waals surface area contributed by atoms with Crippen molar-refractivity contribution in [2.24, 2.45) is 4.99 Å². The minimum Gasteiger partial charge on any atom is -0.394 e. The lowest BCUT2D eigenvalue weighted by Gasteiger charge is -2.15. The van der Waals surface area contributed by atoms with Crippen molar-refractivity contribution in [3.63, 3.8) is 0 Å². The third kappa shape index (κ3) is 3.24. The van der Waals surface area contributed by atoms with Crippen LogP contribution in [0.1, 0.15) is 19.4 Å². The van der Waals surface area contributed by atoms with E-state index in [1.54, 1.807) is 6.21 Å². The van der Waals surface area contributed by atoms with Crippen LogP contribution in [0.25, 0.3) is 0 Å². The van der Waals surface area contributed by atoms with Crippen LogP contribution in [0, 0.1) is 0 Å². The van der Waals surface area contributed by atoms with E-state index in [0.29, 0.717) is 0 Å². The zero-order valence-electron chi connectivity index (χ0n) is 8.37. The molecule has 0 saturated carbocycles. The predicted molar refractivity (Wildman–Crippen MR) is 62.9 cm³/mol. The van der Waals surface area contributed by atoms with E-state index in [4.69, 9.17) is 5.11 Å². The first-order valence-corrected chi connectivity index (χ1v) is 5.25. The summed E-state index contributed by atoms with van der Waals surface area (Å²) in [5.41, 5.74) is 0.615. The summed E-state index contributed by atoms with van der Waals surface area (Å²) in [7, 11) is 0. The van der Waals surface area contributed by atoms with Crippen LogP contribution < -0.4 is 0 Å². The van der Waals surface area contributed by atoms with Gasteiger partial charge in [0, 0.05) is 16.3 Å². The predicted octanol–water partition coefficient (Wildman–Crippen LogP) is 2.64. The number of nitrogens with zero attached hydrogens (tertiary/aromatic N) is 1. The van der Waals surface area contributed by atoms with Gasteiger partial charge in [-0.15, -0.1) is 0 Å². The first-order valence-electron chi connectivity index (χ1n) is 4.46. The Hall–Kier alpha value is -0.670. The molecule has 76 valence electrons. The monoisotopic (exact) mass is 255 g/mol. The highest BCUT2D eigenvalue weighted by molar-refractivity contribution is 9.10. The molecule has 3 heteroatoms. The molecule has 1 aromatic carbocycles. The van der Waals surface area contributed by atoms with Gasteiger partial charge in [0.05, 0.1) is 12.1 Å². The molecule has 0 fully saturated rings. The number of benzene rings is 1. The Labute approximate surface area is 92.8 Å². The quantitative estimate of drug-likeness (QED) is 0.828. The molecule has 0 atom stereocenters. The second-order valence-corrected chi connectivity index (χ2v) is 4.60. The Balaban J connectivity index is 2.84. The molecule has 14 heavy (non-hydrogen) atoms. The maximum atomic E-state index is 9.02. The van der Waals surface area contributed by atoms with Gasteiger partial charge in [0.25, 0.3) is 0 Å². The average Bonchev–Trinajstić information content (AvgIpc) is 2.17. The van der Waals surface area contributed by atoms with Gasteiger partial charge in [-0.3, -0.25) is 4.99 Å². The molecule has 0 spiro atoms. The van der Waals surface area contributed by atoms with Gasteiger partial charge in [-0.2, -0.15) is 0 Å². The van der Waals surface area contributed by atoms with Gasteiger partial charge in [0.15, 0.2) is 0 Å². The molecule has 2 nitrogen and oxygen atoms in total. The molecular weight excluding hydrogens is 242 g/mol. The van der Waals surface area contributed by atoms with Crippen LogP contribution in [0.2, 0.25) is 0 Å². The second kappa shape index (κ2) is 4.71. The standard InChI is InChI=1S/C11H14BrNO/c1-11(2,8-14)13-7-9-5-3-4-6-10(9)12/h3-7,14H,8H2,1-2H3. The lowest BCUT2D eigenvalue weighted by Crippen LogP contribution is -2.22. The SMILES string of the molecule is CC(C)(CO)N=Cc1ccccc1Br. The van der Waals surface area contributed by atoms with Crippen molar-refractivity contribution in [2.45, 2.75) is 19.4 Å². The molecule has 1 rings (SSSR count). The first kappa shape index (κ1) is 11.4. The minimum atomic E-state index is -0.407. The first-order chi connectivity index (χ1) is 6.55. The van der Waals surface area contributed by atoms with Crippen molar-refractivity contribution in [2.75, 3.05) is 6.61 Å². The summed E-state index contributed by atoms with van der Waals surface area (Å²) < 4.78 is 1.01. The van der Waals surface area contributed by atoms with Crippen LogP contribution >= 0.6 is 15.9 Å². The van der Waals surface area contributed by atoms with Crippen LogP contribution in [0.15, 0.2) is 33.7 Å². The summed E-state index contributed by atoms with van der Waals surface area (Å²) in [5, 5.41) is 9.02. The highest BCUT2D eigenvalue weighted by Gasteiger charge is 2.12. The molecule has 1 aromatic rings. The number of aliphatic hydroxyl groups is 1. The van der Waals surface area contributed by atoms with Crippen LogP contribution in [-0.2, 0) is 0 Å². The van der Waals surface area contributed by atoms with Crippen LogP contribution in [-0.4, -0.2) is 23.5 Å². The van der Waals surface area contributed by atoms with Gasteiger partial charge in [0.1, 0.15) is 0 Å². The van der Waals surface area contributed by atoms with E-state index < -0.39 is 5.54 Å². The zero-order valence-corrected chi connectivity index (χ0v) is 9.95. The molecule has 0 aliphatic heterocycles. The molecule has 0 aromatic heterocycles. The number of rotatable bonds is 3. The third-order valence-corrected chi connectivity index (χ3v) is 2.57. The van der Waals surface area contributed by atoms with E-state index in [1.165, 1.54) is 0 Å². The highest BCUT2D eigenvalue weighted by atomic mass is 79.9. The fourth-order valence-electron chi connectivity index (χ4n) is 0.865. The summed E-state index contributed by atoms with van der Waals surface area (Å²) in [6.07, 6.45) is 1.78. The fraction of sp³-hybridized carbons (Fsp3) is 0.364. The zero-order chi connectivity index (χ0) is 10.6. The number of hydrogen-bond acceptors (Lipinski definition) is 2. The Kier molecular flexibility index (Phi) is 3.84. The van der Waals surface area contributed by atoms with Gasteiger partial charge >= 0.3 is 0 Å². The van der Waals surface area contributed by atoms with Crippen molar-refractivity contribution >= 4 is 22.1 Å². The number of halogens is 1.